The van der Waals surface area contributed by atoms with Crippen LogP contribution in [0.3, 0.4) is 0 Å². The van der Waals surface area contributed by atoms with E-state index in [0.29, 0.717) is 27.8 Å². The molecule has 0 saturated carbocycles. The number of rotatable bonds is 4. The van der Waals surface area contributed by atoms with E-state index in [1.54, 1.807) is 37.3 Å². The van der Waals surface area contributed by atoms with Crippen molar-refractivity contribution in [2.45, 2.75) is 13.5 Å². The van der Waals surface area contributed by atoms with E-state index in [-0.39, 0.29) is 10.6 Å². The van der Waals surface area contributed by atoms with E-state index in [2.05, 4.69) is 5.32 Å². The molecule has 20 heavy (non-hydrogen) atoms. The third-order valence-corrected chi connectivity index (χ3v) is 3.45. The minimum absolute atomic E-state index is 0.112. The molecule has 1 N–H and O–H groups in total. The maximum Gasteiger partial charge on any atom is 0.272 e. The van der Waals surface area contributed by atoms with Gasteiger partial charge in [0, 0.05) is 23.2 Å². The summed E-state index contributed by atoms with van der Waals surface area (Å²) in [6.07, 6.45) is 0. The van der Waals surface area contributed by atoms with Crippen LogP contribution in [0.15, 0.2) is 36.4 Å². The van der Waals surface area contributed by atoms with Gasteiger partial charge in [-0.3, -0.25) is 10.1 Å². The van der Waals surface area contributed by atoms with Crippen molar-refractivity contribution in [3.05, 3.63) is 67.7 Å². The molecular formula is C14H12Cl2N2O2. The standard InChI is InChI=1S/C14H12Cl2N2O2/c1-9-2-3-10(6-14(9)18(19)20)8-17-13-7-11(15)4-5-12(13)16/h2-7,17H,8H2,1H3. The van der Waals surface area contributed by atoms with Crippen LogP contribution in [-0.2, 0) is 6.54 Å². The van der Waals surface area contributed by atoms with Gasteiger partial charge in [0.25, 0.3) is 5.69 Å². The van der Waals surface area contributed by atoms with Gasteiger partial charge in [0.15, 0.2) is 0 Å². The Morgan fingerprint density at radius 1 is 1.20 bits per heavy atom. The van der Waals surface area contributed by atoms with Crippen molar-refractivity contribution >= 4 is 34.6 Å². The van der Waals surface area contributed by atoms with Crippen LogP contribution in [-0.4, -0.2) is 4.92 Å². The molecule has 0 fully saturated rings. The number of hydrogen-bond donors (Lipinski definition) is 1. The van der Waals surface area contributed by atoms with E-state index in [4.69, 9.17) is 23.2 Å². The van der Waals surface area contributed by atoms with Crippen LogP contribution in [0, 0.1) is 17.0 Å². The van der Waals surface area contributed by atoms with Crippen molar-refractivity contribution < 1.29 is 4.92 Å². The van der Waals surface area contributed by atoms with Crippen molar-refractivity contribution in [3.8, 4) is 0 Å². The van der Waals surface area contributed by atoms with Gasteiger partial charge in [0.2, 0.25) is 0 Å². The lowest BCUT2D eigenvalue weighted by Gasteiger charge is -2.09. The zero-order valence-corrected chi connectivity index (χ0v) is 12.2. The molecule has 4 nitrogen and oxygen atoms in total. The van der Waals surface area contributed by atoms with Crippen LogP contribution in [0.25, 0.3) is 0 Å². The van der Waals surface area contributed by atoms with Crippen LogP contribution in [0.5, 0.6) is 0 Å². The lowest BCUT2D eigenvalue weighted by atomic mass is 10.1. The van der Waals surface area contributed by atoms with Crippen molar-refractivity contribution in [3.63, 3.8) is 0 Å². The first kappa shape index (κ1) is 14.6. The highest BCUT2D eigenvalue weighted by atomic mass is 35.5. The summed E-state index contributed by atoms with van der Waals surface area (Å²) in [5.74, 6) is 0. The molecule has 104 valence electrons. The predicted molar refractivity (Wildman–Crippen MR) is 81.6 cm³/mol. The minimum Gasteiger partial charge on any atom is -0.380 e. The van der Waals surface area contributed by atoms with E-state index < -0.39 is 0 Å². The zero-order chi connectivity index (χ0) is 14.7. The van der Waals surface area contributed by atoms with E-state index in [1.165, 1.54) is 0 Å². The number of hydrogen-bond acceptors (Lipinski definition) is 3. The molecule has 0 heterocycles. The molecule has 2 aromatic rings. The Morgan fingerprint density at radius 2 is 1.95 bits per heavy atom. The van der Waals surface area contributed by atoms with Crippen molar-refractivity contribution in [2.75, 3.05) is 5.32 Å². The molecular weight excluding hydrogens is 299 g/mol. The second kappa shape index (κ2) is 6.11. The Balaban J connectivity index is 2.17. The van der Waals surface area contributed by atoms with E-state index in [9.17, 15) is 10.1 Å². The fraction of sp³-hybridized carbons (Fsp3) is 0.143. The van der Waals surface area contributed by atoms with Crippen molar-refractivity contribution in [1.82, 2.24) is 0 Å². The third-order valence-electron chi connectivity index (χ3n) is 2.88. The van der Waals surface area contributed by atoms with Crippen molar-refractivity contribution in [1.29, 1.82) is 0 Å². The molecule has 0 unspecified atom stereocenters. The normalized spacial score (nSPS) is 10.3. The molecule has 0 atom stereocenters. The second-order valence-corrected chi connectivity index (χ2v) is 5.20. The molecule has 0 aliphatic carbocycles. The van der Waals surface area contributed by atoms with Crippen molar-refractivity contribution in [2.24, 2.45) is 0 Å². The number of halogens is 2. The molecule has 0 radical (unpaired) electrons. The predicted octanol–water partition coefficient (Wildman–Crippen LogP) is 4.82. The number of nitrogens with zero attached hydrogens (tertiary/aromatic N) is 1. The van der Waals surface area contributed by atoms with Gasteiger partial charge >= 0.3 is 0 Å². The van der Waals surface area contributed by atoms with Crippen LogP contribution in [0.2, 0.25) is 10.0 Å². The van der Waals surface area contributed by atoms with Crippen LogP contribution < -0.4 is 5.32 Å². The highest BCUT2D eigenvalue weighted by Gasteiger charge is 2.11. The van der Waals surface area contributed by atoms with Gasteiger partial charge in [0.1, 0.15) is 0 Å². The van der Waals surface area contributed by atoms with Gasteiger partial charge in [0.05, 0.1) is 15.6 Å². The summed E-state index contributed by atoms with van der Waals surface area (Å²) in [7, 11) is 0. The second-order valence-electron chi connectivity index (χ2n) is 4.36. The smallest absolute Gasteiger partial charge is 0.272 e. The van der Waals surface area contributed by atoms with Gasteiger partial charge in [-0.2, -0.15) is 0 Å². The lowest BCUT2D eigenvalue weighted by Crippen LogP contribution is -2.01. The summed E-state index contributed by atoms with van der Waals surface area (Å²) < 4.78 is 0. The zero-order valence-electron chi connectivity index (χ0n) is 10.7. The van der Waals surface area contributed by atoms with E-state index in [1.807, 2.05) is 6.07 Å². The highest BCUT2D eigenvalue weighted by Crippen LogP contribution is 2.26. The Bertz CT molecular complexity index is 660. The largest absolute Gasteiger partial charge is 0.380 e. The molecule has 0 aliphatic rings. The first-order valence-electron chi connectivity index (χ1n) is 5.90. The van der Waals surface area contributed by atoms with Crippen LogP contribution >= 0.6 is 23.2 Å². The fourth-order valence-corrected chi connectivity index (χ4v) is 2.15. The molecule has 0 bridgehead atoms. The Hall–Kier alpha value is -1.78. The molecule has 2 rings (SSSR count). The number of benzene rings is 2. The molecule has 0 amide bonds. The first-order chi connectivity index (χ1) is 9.47. The molecule has 6 heteroatoms. The molecule has 0 saturated heterocycles. The topological polar surface area (TPSA) is 55.2 Å². The van der Waals surface area contributed by atoms with Gasteiger partial charge in [-0.1, -0.05) is 35.3 Å². The lowest BCUT2D eigenvalue weighted by molar-refractivity contribution is -0.385. The van der Waals surface area contributed by atoms with Gasteiger partial charge in [-0.25, -0.2) is 0 Å². The summed E-state index contributed by atoms with van der Waals surface area (Å²) in [5.41, 5.74) is 2.25. The number of nitro groups is 1. The van der Waals surface area contributed by atoms with Gasteiger partial charge in [-0.05, 0) is 30.7 Å². The number of anilines is 1. The molecule has 0 aromatic heterocycles. The van der Waals surface area contributed by atoms with Gasteiger partial charge in [-0.15, -0.1) is 0 Å². The van der Waals surface area contributed by atoms with E-state index >= 15 is 0 Å². The number of nitro benzene ring substituents is 1. The number of nitrogens with one attached hydrogen (secondary N) is 1. The molecule has 0 aliphatic heterocycles. The summed E-state index contributed by atoms with van der Waals surface area (Å²) in [5, 5.41) is 15.1. The Labute approximate surface area is 126 Å². The monoisotopic (exact) mass is 310 g/mol. The maximum absolute atomic E-state index is 10.9. The van der Waals surface area contributed by atoms with Crippen LogP contribution in [0.4, 0.5) is 11.4 Å². The summed E-state index contributed by atoms with van der Waals surface area (Å²) in [6, 6.07) is 10.2. The third kappa shape index (κ3) is 3.40. The highest BCUT2D eigenvalue weighted by molar-refractivity contribution is 6.35. The summed E-state index contributed by atoms with van der Waals surface area (Å²) in [4.78, 5) is 10.5. The first-order valence-corrected chi connectivity index (χ1v) is 6.66. The Kier molecular flexibility index (Phi) is 4.47. The average molecular weight is 311 g/mol. The van der Waals surface area contributed by atoms with Crippen LogP contribution in [0.1, 0.15) is 11.1 Å². The molecule has 0 spiro atoms. The Morgan fingerprint density at radius 3 is 2.65 bits per heavy atom. The maximum atomic E-state index is 10.9. The summed E-state index contributed by atoms with van der Waals surface area (Å²) >= 11 is 11.9. The minimum atomic E-state index is -0.384. The quantitative estimate of drug-likeness (QED) is 0.650. The fourth-order valence-electron chi connectivity index (χ4n) is 1.79. The summed E-state index contributed by atoms with van der Waals surface area (Å²) in [6.45, 7) is 2.14. The van der Waals surface area contributed by atoms with Gasteiger partial charge < -0.3 is 5.32 Å². The SMILES string of the molecule is Cc1ccc(CNc2cc(Cl)ccc2Cl)cc1[N+](=O)[O-]. The average Bonchev–Trinajstić information content (AvgIpc) is 2.41. The number of aryl methyl sites for hydroxylation is 1. The van der Waals surface area contributed by atoms with E-state index in [0.717, 1.165) is 5.56 Å². The molecule has 2 aromatic carbocycles.